The molecule has 5 nitrogen and oxygen atoms in total. The molecule has 0 aromatic carbocycles. The van der Waals surface area contributed by atoms with Crippen molar-refractivity contribution in [3.05, 3.63) is 50.9 Å². The molecule has 0 unspecified atom stereocenters. The molecule has 0 aliphatic carbocycles. The predicted molar refractivity (Wildman–Crippen MR) is 80.7 cm³/mol. The van der Waals surface area contributed by atoms with Gasteiger partial charge in [-0.1, -0.05) is 17.7 Å². The first-order chi connectivity index (χ1) is 10.2. The molecule has 2 aromatic rings. The lowest BCUT2D eigenvalue weighted by Crippen LogP contribution is -2.03. The maximum Gasteiger partial charge on any atom is 0.363 e. The molecular formula is C14H9ClN2O3S. The Hall–Kier alpha value is -2.18. The Morgan fingerprint density at radius 1 is 1.38 bits per heavy atom. The number of halogens is 1. The molecular weight excluding hydrogens is 312 g/mol. The molecule has 0 N–H and O–H groups in total. The van der Waals surface area contributed by atoms with E-state index in [0.717, 1.165) is 4.88 Å². The number of esters is 1. The number of thiophene rings is 1. The van der Waals surface area contributed by atoms with E-state index < -0.39 is 5.97 Å². The molecule has 0 bridgehead atoms. The van der Waals surface area contributed by atoms with Crippen LogP contribution in [0.1, 0.15) is 10.4 Å². The number of carbonyl (C=O) groups excluding carboxylic acids is 1. The van der Waals surface area contributed by atoms with Crippen molar-refractivity contribution >= 4 is 40.9 Å². The molecule has 0 saturated carbocycles. The number of hydrogen-bond acceptors (Lipinski definition) is 6. The van der Waals surface area contributed by atoms with Gasteiger partial charge in [0.15, 0.2) is 5.70 Å². The van der Waals surface area contributed by atoms with E-state index in [0.29, 0.717) is 17.3 Å². The van der Waals surface area contributed by atoms with E-state index in [9.17, 15) is 4.79 Å². The van der Waals surface area contributed by atoms with E-state index in [2.05, 4.69) is 9.98 Å². The van der Waals surface area contributed by atoms with E-state index in [1.165, 1.54) is 24.5 Å². The third kappa shape index (κ3) is 2.81. The van der Waals surface area contributed by atoms with E-state index in [1.807, 2.05) is 17.5 Å². The zero-order valence-corrected chi connectivity index (χ0v) is 12.4. The van der Waals surface area contributed by atoms with Crippen molar-refractivity contribution in [2.75, 3.05) is 7.11 Å². The zero-order valence-electron chi connectivity index (χ0n) is 10.9. The lowest BCUT2D eigenvalue weighted by molar-refractivity contribution is -0.129. The SMILES string of the molecule is COc1ccc(C=C2N=C(c3cccs3)OC2=O)c(Cl)n1. The van der Waals surface area contributed by atoms with Crippen LogP contribution in [0.25, 0.3) is 6.08 Å². The maximum atomic E-state index is 11.8. The van der Waals surface area contributed by atoms with Crippen molar-refractivity contribution < 1.29 is 14.3 Å². The smallest absolute Gasteiger partial charge is 0.363 e. The Balaban J connectivity index is 1.94. The standard InChI is InChI=1S/C14H9ClN2O3S/c1-19-11-5-4-8(12(15)17-11)7-9-14(18)20-13(16-9)10-3-2-6-21-10/h2-7H,1H3. The molecule has 0 saturated heterocycles. The number of ether oxygens (including phenoxy) is 2. The van der Waals surface area contributed by atoms with Crippen LogP contribution < -0.4 is 4.74 Å². The molecule has 0 spiro atoms. The molecule has 1 aliphatic heterocycles. The largest absolute Gasteiger partial charge is 0.481 e. The number of methoxy groups -OCH3 is 1. The van der Waals surface area contributed by atoms with Crippen molar-refractivity contribution in [3.63, 3.8) is 0 Å². The van der Waals surface area contributed by atoms with Crippen LogP contribution in [-0.2, 0) is 9.53 Å². The second-order valence-corrected chi connectivity index (χ2v) is 5.35. The first kappa shape index (κ1) is 13.8. The highest BCUT2D eigenvalue weighted by molar-refractivity contribution is 7.12. The number of aromatic nitrogens is 1. The summed E-state index contributed by atoms with van der Waals surface area (Å²) in [5, 5.41) is 2.12. The fourth-order valence-electron chi connectivity index (χ4n) is 1.71. The van der Waals surface area contributed by atoms with Gasteiger partial charge >= 0.3 is 5.97 Å². The fraction of sp³-hybridized carbons (Fsp3) is 0.0714. The molecule has 2 aromatic heterocycles. The second-order valence-electron chi connectivity index (χ2n) is 4.05. The number of pyridine rings is 1. The highest BCUT2D eigenvalue weighted by Gasteiger charge is 2.25. The molecule has 106 valence electrons. The van der Waals surface area contributed by atoms with Gasteiger partial charge in [-0.3, -0.25) is 0 Å². The molecule has 0 amide bonds. The van der Waals surface area contributed by atoms with Crippen LogP contribution in [0, 0.1) is 0 Å². The van der Waals surface area contributed by atoms with Gasteiger partial charge in [-0.15, -0.1) is 11.3 Å². The van der Waals surface area contributed by atoms with E-state index in [4.69, 9.17) is 21.1 Å². The van der Waals surface area contributed by atoms with Crippen LogP contribution in [0.4, 0.5) is 0 Å². The normalized spacial score (nSPS) is 16.0. The number of aliphatic imine (C=N–C) groups is 1. The topological polar surface area (TPSA) is 60.8 Å². The summed E-state index contributed by atoms with van der Waals surface area (Å²) in [4.78, 5) is 20.8. The van der Waals surface area contributed by atoms with Crippen molar-refractivity contribution in [1.82, 2.24) is 4.98 Å². The van der Waals surface area contributed by atoms with Crippen molar-refractivity contribution in [2.45, 2.75) is 0 Å². The van der Waals surface area contributed by atoms with Crippen molar-refractivity contribution in [2.24, 2.45) is 4.99 Å². The summed E-state index contributed by atoms with van der Waals surface area (Å²) in [6.45, 7) is 0. The van der Waals surface area contributed by atoms with Gasteiger partial charge in [-0.05, 0) is 23.6 Å². The molecule has 3 heterocycles. The third-order valence-corrected chi connectivity index (χ3v) is 3.87. The Labute approximate surface area is 129 Å². The summed E-state index contributed by atoms with van der Waals surface area (Å²) in [6.07, 6.45) is 1.54. The molecule has 7 heteroatoms. The van der Waals surface area contributed by atoms with Gasteiger partial charge in [-0.25, -0.2) is 14.8 Å². The summed E-state index contributed by atoms with van der Waals surface area (Å²) < 4.78 is 10.1. The van der Waals surface area contributed by atoms with Crippen LogP contribution in [0.5, 0.6) is 5.88 Å². The maximum absolute atomic E-state index is 11.8. The summed E-state index contributed by atoms with van der Waals surface area (Å²) in [7, 11) is 1.50. The van der Waals surface area contributed by atoms with Gasteiger partial charge in [0.25, 0.3) is 0 Å². The summed E-state index contributed by atoms with van der Waals surface area (Å²) in [5.74, 6) is 0.197. The second kappa shape index (κ2) is 5.67. The van der Waals surface area contributed by atoms with Crippen LogP contribution >= 0.6 is 22.9 Å². The Bertz CT molecular complexity index is 754. The number of nitrogens with zero attached hydrogens (tertiary/aromatic N) is 2. The minimum atomic E-state index is -0.509. The molecule has 3 rings (SSSR count). The minimum absolute atomic E-state index is 0.187. The first-order valence-corrected chi connectivity index (χ1v) is 7.20. The first-order valence-electron chi connectivity index (χ1n) is 5.94. The average Bonchev–Trinajstić information content (AvgIpc) is 3.11. The summed E-state index contributed by atoms with van der Waals surface area (Å²) >= 11 is 7.48. The molecule has 1 aliphatic rings. The van der Waals surface area contributed by atoms with E-state index in [1.54, 1.807) is 12.1 Å². The Morgan fingerprint density at radius 2 is 2.24 bits per heavy atom. The third-order valence-electron chi connectivity index (χ3n) is 2.71. The predicted octanol–water partition coefficient (Wildman–Crippen LogP) is 3.15. The van der Waals surface area contributed by atoms with Crippen LogP contribution in [-0.4, -0.2) is 24.0 Å². The molecule has 0 fully saturated rings. The monoisotopic (exact) mass is 320 g/mol. The lowest BCUT2D eigenvalue weighted by Gasteiger charge is -2.01. The van der Waals surface area contributed by atoms with Gasteiger partial charge in [0.2, 0.25) is 11.8 Å². The number of carbonyl (C=O) groups is 1. The van der Waals surface area contributed by atoms with Gasteiger partial charge < -0.3 is 9.47 Å². The quantitative estimate of drug-likeness (QED) is 0.495. The van der Waals surface area contributed by atoms with E-state index in [-0.39, 0.29) is 10.9 Å². The van der Waals surface area contributed by atoms with E-state index >= 15 is 0 Å². The summed E-state index contributed by atoms with van der Waals surface area (Å²) in [5.41, 5.74) is 0.757. The molecule has 21 heavy (non-hydrogen) atoms. The van der Waals surface area contributed by atoms with Gasteiger partial charge in [0.05, 0.1) is 12.0 Å². The molecule has 0 atom stereocenters. The van der Waals surface area contributed by atoms with Gasteiger partial charge in [0.1, 0.15) is 5.15 Å². The van der Waals surface area contributed by atoms with Crippen LogP contribution in [0.2, 0.25) is 5.15 Å². The number of rotatable bonds is 3. The fourth-order valence-corrected chi connectivity index (χ4v) is 2.56. The highest BCUT2D eigenvalue weighted by atomic mass is 35.5. The number of cyclic esters (lactones) is 1. The highest BCUT2D eigenvalue weighted by Crippen LogP contribution is 2.24. The minimum Gasteiger partial charge on any atom is -0.481 e. The van der Waals surface area contributed by atoms with Crippen molar-refractivity contribution in [3.8, 4) is 5.88 Å². The Morgan fingerprint density at radius 3 is 2.90 bits per heavy atom. The van der Waals surface area contributed by atoms with Crippen LogP contribution in [0.15, 0.2) is 40.3 Å². The molecule has 0 radical (unpaired) electrons. The van der Waals surface area contributed by atoms with Crippen molar-refractivity contribution in [1.29, 1.82) is 0 Å². The Kier molecular flexibility index (Phi) is 3.72. The summed E-state index contributed by atoms with van der Waals surface area (Å²) in [6, 6.07) is 7.06. The number of hydrogen-bond donors (Lipinski definition) is 0. The zero-order chi connectivity index (χ0) is 14.8. The lowest BCUT2D eigenvalue weighted by atomic mass is 10.2. The average molecular weight is 321 g/mol. The van der Waals surface area contributed by atoms with Gasteiger partial charge in [0, 0.05) is 11.6 Å². The van der Waals surface area contributed by atoms with Gasteiger partial charge in [-0.2, -0.15) is 0 Å². The van der Waals surface area contributed by atoms with Crippen LogP contribution in [0.3, 0.4) is 0 Å².